The average Bonchev–Trinajstić information content (AvgIpc) is 2.93. The van der Waals surface area contributed by atoms with Crippen LogP contribution in [-0.2, 0) is 4.79 Å². The number of thioether (sulfide) groups is 1. The van der Waals surface area contributed by atoms with E-state index in [1.54, 1.807) is 0 Å². The predicted octanol–water partition coefficient (Wildman–Crippen LogP) is 4.69. The van der Waals surface area contributed by atoms with Crippen LogP contribution in [0.2, 0.25) is 0 Å². The molecule has 0 bridgehead atoms. The summed E-state index contributed by atoms with van der Waals surface area (Å²) in [6.45, 7) is 7.18. The van der Waals surface area contributed by atoms with Crippen molar-refractivity contribution in [1.29, 1.82) is 0 Å². The van der Waals surface area contributed by atoms with Crippen LogP contribution in [0.3, 0.4) is 0 Å². The van der Waals surface area contributed by atoms with Gasteiger partial charge in [-0.1, -0.05) is 71.7 Å². The zero-order valence-corrected chi connectivity index (χ0v) is 21.5. The van der Waals surface area contributed by atoms with Crippen molar-refractivity contribution < 1.29 is 10.3 Å². The maximum absolute atomic E-state index is 13.1. The number of piperazine rings is 1. The molecule has 3 N–H and O–H groups in total. The lowest BCUT2D eigenvalue weighted by molar-refractivity contribution is -0.120. The molecule has 4 rings (SSSR count). The molecule has 0 unspecified atom stereocenters. The van der Waals surface area contributed by atoms with Crippen molar-refractivity contribution in [2.75, 3.05) is 50.4 Å². The normalized spacial score (nSPS) is 21.3. The van der Waals surface area contributed by atoms with E-state index in [0.717, 1.165) is 48.6 Å². The first-order valence-electron chi connectivity index (χ1n) is 11.2. The van der Waals surface area contributed by atoms with Crippen LogP contribution in [-0.4, -0.2) is 66.3 Å². The standard InChI is InChI=1S/C21H25N3OS.C4H9Br.H2O/c1-23-11-13-24(14-12-23)15-17-20(16-7-3-2-4-8-16)26-19-10-6-5-9-18(19)22-21(17)25;1-2-3-4-5;/h2-10,17,20H,11-15H2,1H3,(H,22,25);2-4H2,1H3;1H2/t17-,20+;;/m0../s1. The van der Waals surface area contributed by atoms with Crippen LogP contribution in [0.15, 0.2) is 59.5 Å². The van der Waals surface area contributed by atoms with Crippen molar-refractivity contribution in [2.24, 2.45) is 5.92 Å². The molecule has 0 radical (unpaired) electrons. The number of halogens is 1. The first kappa shape index (κ1) is 26.9. The van der Waals surface area contributed by atoms with E-state index in [4.69, 9.17) is 0 Å². The Balaban J connectivity index is 0.000000548. The molecule has 1 saturated heterocycles. The number of hydrogen-bond donors (Lipinski definition) is 1. The number of alkyl halides is 1. The fourth-order valence-corrected chi connectivity index (χ4v) is 5.72. The van der Waals surface area contributed by atoms with Gasteiger partial charge in [0, 0.05) is 48.2 Å². The molecule has 5 nitrogen and oxygen atoms in total. The van der Waals surface area contributed by atoms with Gasteiger partial charge in [-0.2, -0.15) is 0 Å². The Labute approximate surface area is 205 Å². The number of benzene rings is 2. The number of nitrogens with zero attached hydrogens (tertiary/aromatic N) is 2. The third-order valence-corrected chi connectivity index (χ3v) is 7.79. The number of hydrogen-bond acceptors (Lipinski definition) is 4. The molecule has 0 spiro atoms. The van der Waals surface area contributed by atoms with Gasteiger partial charge < -0.3 is 15.7 Å². The Kier molecular flexibility index (Phi) is 11.8. The zero-order valence-electron chi connectivity index (χ0n) is 19.1. The monoisotopic (exact) mass is 521 g/mol. The van der Waals surface area contributed by atoms with Gasteiger partial charge in [-0.3, -0.25) is 9.69 Å². The van der Waals surface area contributed by atoms with E-state index in [9.17, 15) is 4.79 Å². The number of likely N-dealkylation sites (N-methyl/N-ethyl adjacent to an activating group) is 1. The van der Waals surface area contributed by atoms with Crippen molar-refractivity contribution in [2.45, 2.75) is 29.9 Å². The molecule has 2 aromatic carbocycles. The third-order valence-electron chi connectivity index (χ3n) is 5.77. The molecule has 0 aliphatic carbocycles. The van der Waals surface area contributed by atoms with E-state index < -0.39 is 0 Å². The molecule has 32 heavy (non-hydrogen) atoms. The summed E-state index contributed by atoms with van der Waals surface area (Å²) in [4.78, 5) is 19.1. The number of para-hydroxylation sites is 1. The number of anilines is 1. The maximum atomic E-state index is 13.1. The van der Waals surface area contributed by atoms with Gasteiger partial charge in [0.1, 0.15) is 0 Å². The molecule has 1 amide bonds. The van der Waals surface area contributed by atoms with E-state index in [0.29, 0.717) is 0 Å². The molecule has 0 aromatic heterocycles. The van der Waals surface area contributed by atoms with Crippen LogP contribution in [0, 0.1) is 5.92 Å². The van der Waals surface area contributed by atoms with Gasteiger partial charge in [-0.05, 0) is 31.2 Å². The summed E-state index contributed by atoms with van der Waals surface area (Å²) in [5, 5.41) is 4.45. The molecular weight excluding hydrogens is 486 g/mol. The zero-order chi connectivity index (χ0) is 22.1. The number of nitrogens with one attached hydrogen (secondary N) is 1. The minimum Gasteiger partial charge on any atom is -0.412 e. The second kappa shape index (κ2) is 14.0. The minimum atomic E-state index is -0.0711. The summed E-state index contributed by atoms with van der Waals surface area (Å²) in [6.07, 6.45) is 2.60. The molecule has 176 valence electrons. The van der Waals surface area contributed by atoms with Crippen LogP contribution >= 0.6 is 27.7 Å². The average molecular weight is 523 g/mol. The highest BCUT2D eigenvalue weighted by molar-refractivity contribution is 9.09. The molecule has 2 aliphatic heterocycles. The fourth-order valence-electron chi connectivity index (χ4n) is 3.82. The van der Waals surface area contributed by atoms with Crippen molar-refractivity contribution >= 4 is 39.3 Å². The van der Waals surface area contributed by atoms with Crippen molar-refractivity contribution in [3.63, 3.8) is 0 Å². The van der Waals surface area contributed by atoms with E-state index in [1.165, 1.54) is 18.4 Å². The highest BCUT2D eigenvalue weighted by Crippen LogP contribution is 2.46. The van der Waals surface area contributed by atoms with Gasteiger partial charge >= 0.3 is 0 Å². The molecule has 1 fully saturated rings. The third kappa shape index (κ3) is 7.59. The Morgan fingerprint density at radius 1 is 1.03 bits per heavy atom. The van der Waals surface area contributed by atoms with Crippen LogP contribution in [0.25, 0.3) is 0 Å². The van der Waals surface area contributed by atoms with Crippen molar-refractivity contribution in [3.8, 4) is 0 Å². The van der Waals surface area contributed by atoms with Gasteiger partial charge in [0.05, 0.1) is 11.6 Å². The number of unbranched alkanes of at least 4 members (excludes halogenated alkanes) is 1. The highest BCUT2D eigenvalue weighted by atomic mass is 79.9. The van der Waals surface area contributed by atoms with Crippen LogP contribution in [0.5, 0.6) is 0 Å². The summed E-state index contributed by atoms with van der Waals surface area (Å²) in [5.74, 6) is 0.0634. The molecule has 2 aromatic rings. The smallest absolute Gasteiger partial charge is 0.230 e. The fraction of sp³-hybridized carbons (Fsp3) is 0.480. The van der Waals surface area contributed by atoms with Crippen molar-refractivity contribution in [1.82, 2.24) is 9.80 Å². The van der Waals surface area contributed by atoms with E-state index in [2.05, 4.69) is 75.3 Å². The topological polar surface area (TPSA) is 67.1 Å². The van der Waals surface area contributed by atoms with Crippen LogP contribution in [0.4, 0.5) is 5.69 Å². The number of amides is 1. The second-order valence-corrected chi connectivity index (χ2v) is 10.2. The summed E-state index contributed by atoms with van der Waals surface area (Å²) in [5.41, 5.74) is 2.16. The summed E-state index contributed by atoms with van der Waals surface area (Å²) in [6, 6.07) is 18.6. The lowest BCUT2D eigenvalue weighted by Crippen LogP contribution is -2.48. The Morgan fingerprint density at radius 2 is 1.69 bits per heavy atom. The molecule has 0 saturated carbocycles. The van der Waals surface area contributed by atoms with Gasteiger partial charge in [0.15, 0.2) is 0 Å². The summed E-state index contributed by atoms with van der Waals surface area (Å²) < 4.78 is 0. The SMILES string of the molecule is CCCCBr.CN1CCN(C[C@@H]2C(=O)Nc3ccccc3S[C@@H]2c2ccccc2)CC1.O. The minimum absolute atomic E-state index is 0. The first-order chi connectivity index (χ1) is 15.1. The van der Waals surface area contributed by atoms with Crippen molar-refractivity contribution in [3.05, 3.63) is 60.2 Å². The van der Waals surface area contributed by atoms with E-state index in [1.807, 2.05) is 36.0 Å². The Bertz CT molecular complexity index is 814. The highest BCUT2D eigenvalue weighted by Gasteiger charge is 2.35. The molecular formula is C25H36BrN3O2S. The lowest BCUT2D eigenvalue weighted by atomic mass is 9.96. The van der Waals surface area contributed by atoms with E-state index >= 15 is 0 Å². The number of carbonyl (C=O) groups is 1. The Morgan fingerprint density at radius 3 is 2.31 bits per heavy atom. The van der Waals surface area contributed by atoms with E-state index in [-0.39, 0.29) is 22.6 Å². The maximum Gasteiger partial charge on any atom is 0.230 e. The quantitative estimate of drug-likeness (QED) is 0.579. The number of rotatable bonds is 5. The van der Waals surface area contributed by atoms with Gasteiger partial charge in [0.25, 0.3) is 0 Å². The van der Waals surface area contributed by atoms with Gasteiger partial charge in [-0.25, -0.2) is 0 Å². The lowest BCUT2D eigenvalue weighted by Gasteiger charge is -2.35. The molecule has 2 heterocycles. The summed E-state index contributed by atoms with van der Waals surface area (Å²) >= 11 is 5.12. The second-order valence-electron chi connectivity index (χ2n) is 8.19. The summed E-state index contributed by atoms with van der Waals surface area (Å²) in [7, 11) is 2.16. The van der Waals surface area contributed by atoms with Crippen LogP contribution < -0.4 is 5.32 Å². The Hall–Kier alpha value is -1.38. The van der Waals surface area contributed by atoms with Gasteiger partial charge in [-0.15, -0.1) is 11.8 Å². The number of fused-ring (bicyclic) bond motifs is 1. The van der Waals surface area contributed by atoms with Gasteiger partial charge in [0.2, 0.25) is 5.91 Å². The largest absolute Gasteiger partial charge is 0.412 e. The number of carbonyl (C=O) groups excluding carboxylic acids is 1. The first-order valence-corrected chi connectivity index (χ1v) is 13.2. The van der Waals surface area contributed by atoms with Crippen LogP contribution in [0.1, 0.15) is 30.6 Å². The molecule has 2 aliphatic rings. The molecule has 7 heteroatoms. The predicted molar refractivity (Wildman–Crippen MR) is 140 cm³/mol. The molecule has 2 atom stereocenters.